The first-order chi connectivity index (χ1) is 13.3. The Morgan fingerprint density at radius 2 is 1.86 bits per heavy atom. The molecule has 0 aromatic heterocycles. The van der Waals surface area contributed by atoms with Crippen LogP contribution in [0.3, 0.4) is 0 Å². The summed E-state index contributed by atoms with van der Waals surface area (Å²) in [6.07, 6.45) is 0. The lowest BCUT2D eigenvalue weighted by Gasteiger charge is -2.28. The number of benzene rings is 2. The van der Waals surface area contributed by atoms with Crippen LogP contribution in [0.5, 0.6) is 0 Å². The smallest absolute Gasteiger partial charge is 0.242 e. The van der Waals surface area contributed by atoms with E-state index >= 15 is 0 Å². The second-order valence-corrected chi connectivity index (χ2v) is 8.00. The van der Waals surface area contributed by atoms with Gasteiger partial charge in [-0.1, -0.05) is 41.4 Å². The van der Waals surface area contributed by atoms with Crippen LogP contribution in [0.1, 0.15) is 18.1 Å². The van der Waals surface area contributed by atoms with Crippen molar-refractivity contribution in [2.24, 2.45) is 0 Å². The fourth-order valence-corrected chi connectivity index (χ4v) is 4.02. The Morgan fingerprint density at radius 3 is 2.46 bits per heavy atom. The molecule has 1 atom stereocenters. The van der Waals surface area contributed by atoms with Crippen molar-refractivity contribution in [1.82, 2.24) is 10.2 Å². The van der Waals surface area contributed by atoms with Crippen molar-refractivity contribution in [1.29, 1.82) is 0 Å². The summed E-state index contributed by atoms with van der Waals surface area (Å²) in [6, 6.07) is 10.5. The van der Waals surface area contributed by atoms with Gasteiger partial charge in [-0.15, -0.1) is 11.8 Å². The summed E-state index contributed by atoms with van der Waals surface area (Å²) in [4.78, 5) is 26.4. The zero-order valence-corrected chi connectivity index (χ0v) is 17.9. The fourth-order valence-electron chi connectivity index (χ4n) is 2.55. The maximum atomic E-state index is 13.1. The molecule has 2 rings (SSSR count). The minimum absolute atomic E-state index is 0.182. The molecular formula is C20H21Cl2FN2O2S. The quantitative estimate of drug-likeness (QED) is 0.653. The lowest BCUT2D eigenvalue weighted by atomic mass is 10.1. The van der Waals surface area contributed by atoms with Crippen molar-refractivity contribution in [3.05, 3.63) is 69.5 Å². The molecular weight excluding hydrogens is 422 g/mol. The Bertz CT molecular complexity index is 833. The van der Waals surface area contributed by atoms with Crippen LogP contribution in [0.4, 0.5) is 4.39 Å². The number of halogens is 3. The molecule has 0 heterocycles. The lowest BCUT2D eigenvalue weighted by Crippen LogP contribution is -2.47. The van der Waals surface area contributed by atoms with Crippen LogP contribution < -0.4 is 5.32 Å². The molecule has 0 bridgehead atoms. The molecule has 0 saturated carbocycles. The number of rotatable bonds is 8. The predicted molar refractivity (Wildman–Crippen MR) is 113 cm³/mol. The highest BCUT2D eigenvalue weighted by Crippen LogP contribution is 2.25. The van der Waals surface area contributed by atoms with E-state index in [2.05, 4.69) is 5.32 Å². The molecule has 28 heavy (non-hydrogen) atoms. The van der Waals surface area contributed by atoms with Crippen molar-refractivity contribution >= 4 is 46.8 Å². The van der Waals surface area contributed by atoms with Gasteiger partial charge in [0.05, 0.1) is 5.75 Å². The normalized spacial score (nSPS) is 11.8. The molecule has 0 aliphatic carbocycles. The first kappa shape index (κ1) is 22.5. The number of nitrogens with zero attached hydrogens (tertiary/aromatic N) is 1. The predicted octanol–water partition coefficient (Wildman–Crippen LogP) is 4.53. The van der Waals surface area contributed by atoms with Gasteiger partial charge in [-0.3, -0.25) is 9.59 Å². The Kier molecular flexibility index (Phi) is 8.60. The Morgan fingerprint density at radius 1 is 1.18 bits per heavy atom. The monoisotopic (exact) mass is 442 g/mol. The van der Waals surface area contributed by atoms with Crippen molar-refractivity contribution in [3.63, 3.8) is 0 Å². The fraction of sp³-hybridized carbons (Fsp3) is 0.300. The highest BCUT2D eigenvalue weighted by molar-refractivity contribution is 7.99. The summed E-state index contributed by atoms with van der Waals surface area (Å²) >= 11 is 13.5. The second kappa shape index (κ2) is 10.7. The van der Waals surface area contributed by atoms with Crippen molar-refractivity contribution in [2.45, 2.75) is 25.3 Å². The van der Waals surface area contributed by atoms with E-state index in [0.717, 1.165) is 11.1 Å². The molecule has 2 amide bonds. The van der Waals surface area contributed by atoms with Crippen LogP contribution in [-0.2, 0) is 21.9 Å². The standard InChI is InChI=1S/C20H21Cl2FN2O2S/c1-13(20(27)24-2)25(10-14-3-7-17(23)8-4-14)19(26)12-28-11-15-5-6-16(21)9-18(15)22/h3-9,13H,10-12H2,1-2H3,(H,24,27)/t13-/m0/s1. The van der Waals surface area contributed by atoms with Crippen LogP contribution >= 0.6 is 35.0 Å². The van der Waals surface area contributed by atoms with E-state index in [-0.39, 0.29) is 29.9 Å². The number of nitrogens with one attached hydrogen (secondary N) is 1. The molecule has 0 unspecified atom stereocenters. The van der Waals surface area contributed by atoms with E-state index in [1.54, 1.807) is 31.2 Å². The molecule has 0 radical (unpaired) electrons. The van der Waals surface area contributed by atoms with Gasteiger partial charge in [0.25, 0.3) is 0 Å². The molecule has 1 N–H and O–H groups in total. The maximum Gasteiger partial charge on any atom is 0.242 e. The van der Waals surface area contributed by atoms with Gasteiger partial charge in [-0.05, 0) is 42.3 Å². The van der Waals surface area contributed by atoms with E-state index in [1.807, 2.05) is 6.07 Å². The van der Waals surface area contributed by atoms with Crippen LogP contribution in [-0.4, -0.2) is 35.6 Å². The largest absolute Gasteiger partial charge is 0.357 e. The average molecular weight is 443 g/mol. The Labute approximate surface area is 178 Å². The highest BCUT2D eigenvalue weighted by Gasteiger charge is 2.25. The number of carbonyl (C=O) groups excluding carboxylic acids is 2. The lowest BCUT2D eigenvalue weighted by molar-refractivity contribution is -0.138. The van der Waals surface area contributed by atoms with Gasteiger partial charge in [-0.25, -0.2) is 4.39 Å². The van der Waals surface area contributed by atoms with Crippen LogP contribution in [0.15, 0.2) is 42.5 Å². The third-order valence-corrected chi connectivity index (χ3v) is 5.73. The van der Waals surface area contributed by atoms with Crippen LogP contribution in [0.25, 0.3) is 0 Å². The average Bonchev–Trinajstić information content (AvgIpc) is 2.67. The molecule has 0 fully saturated rings. The third kappa shape index (κ3) is 6.40. The van der Waals surface area contributed by atoms with Gasteiger partial charge in [0, 0.05) is 29.4 Å². The molecule has 8 heteroatoms. The Hall–Kier alpha value is -1.76. The van der Waals surface area contributed by atoms with E-state index < -0.39 is 6.04 Å². The second-order valence-electron chi connectivity index (χ2n) is 6.17. The van der Waals surface area contributed by atoms with Gasteiger partial charge in [0.15, 0.2) is 0 Å². The minimum Gasteiger partial charge on any atom is -0.357 e. The molecule has 0 saturated heterocycles. The zero-order chi connectivity index (χ0) is 20.7. The van der Waals surface area contributed by atoms with E-state index in [4.69, 9.17) is 23.2 Å². The zero-order valence-electron chi connectivity index (χ0n) is 15.5. The van der Waals surface area contributed by atoms with E-state index in [1.165, 1.54) is 35.8 Å². The van der Waals surface area contributed by atoms with E-state index in [0.29, 0.717) is 15.8 Å². The molecule has 2 aromatic rings. The minimum atomic E-state index is -0.651. The molecule has 150 valence electrons. The maximum absolute atomic E-state index is 13.1. The van der Waals surface area contributed by atoms with Crippen LogP contribution in [0, 0.1) is 5.82 Å². The summed E-state index contributed by atoms with van der Waals surface area (Å²) < 4.78 is 13.1. The summed E-state index contributed by atoms with van der Waals surface area (Å²) in [7, 11) is 1.52. The first-order valence-electron chi connectivity index (χ1n) is 8.59. The molecule has 0 aliphatic rings. The van der Waals surface area contributed by atoms with Gasteiger partial charge in [0.2, 0.25) is 11.8 Å². The number of thioether (sulfide) groups is 1. The highest BCUT2D eigenvalue weighted by atomic mass is 35.5. The summed E-state index contributed by atoms with van der Waals surface area (Å²) in [6.45, 7) is 1.89. The number of likely N-dealkylation sites (N-methyl/N-ethyl adjacent to an activating group) is 1. The summed E-state index contributed by atoms with van der Waals surface area (Å²) in [5, 5.41) is 3.67. The summed E-state index contributed by atoms with van der Waals surface area (Å²) in [5.41, 5.74) is 1.63. The van der Waals surface area contributed by atoms with Crippen LogP contribution in [0.2, 0.25) is 10.0 Å². The summed E-state index contributed by atoms with van der Waals surface area (Å²) in [5.74, 6) is -0.0739. The van der Waals surface area contributed by atoms with Gasteiger partial charge < -0.3 is 10.2 Å². The molecule has 0 spiro atoms. The molecule has 4 nitrogen and oxygen atoms in total. The first-order valence-corrected chi connectivity index (χ1v) is 10.5. The van der Waals surface area contributed by atoms with Crippen molar-refractivity contribution in [2.75, 3.05) is 12.8 Å². The number of amides is 2. The third-order valence-electron chi connectivity index (χ3n) is 4.18. The topological polar surface area (TPSA) is 49.4 Å². The van der Waals surface area contributed by atoms with Crippen molar-refractivity contribution < 1.29 is 14.0 Å². The Balaban J connectivity index is 2.05. The van der Waals surface area contributed by atoms with Gasteiger partial charge in [0.1, 0.15) is 11.9 Å². The molecule has 2 aromatic carbocycles. The van der Waals surface area contributed by atoms with E-state index in [9.17, 15) is 14.0 Å². The number of hydrogen-bond acceptors (Lipinski definition) is 3. The number of carbonyl (C=O) groups is 2. The van der Waals surface area contributed by atoms with Gasteiger partial charge in [-0.2, -0.15) is 0 Å². The SMILES string of the molecule is CNC(=O)[C@H](C)N(Cc1ccc(F)cc1)C(=O)CSCc1ccc(Cl)cc1Cl. The van der Waals surface area contributed by atoms with Gasteiger partial charge >= 0.3 is 0 Å². The molecule has 0 aliphatic heterocycles. The number of hydrogen-bond donors (Lipinski definition) is 1. The van der Waals surface area contributed by atoms with Crippen molar-refractivity contribution in [3.8, 4) is 0 Å².